The molecule has 0 spiro atoms. The van der Waals surface area contributed by atoms with Crippen molar-refractivity contribution in [2.75, 3.05) is 17.2 Å². The van der Waals surface area contributed by atoms with Gasteiger partial charge in [0.1, 0.15) is 4.90 Å². The van der Waals surface area contributed by atoms with E-state index in [9.17, 15) is 13.2 Å². The number of rotatable bonds is 8. The zero-order valence-electron chi connectivity index (χ0n) is 18.3. The molecule has 3 aromatic rings. The Morgan fingerprint density at radius 3 is 2.34 bits per heavy atom. The molecular formula is C24H27N3O4S. The molecule has 4 N–H and O–H groups in total. The monoisotopic (exact) mass is 453 g/mol. The van der Waals surface area contributed by atoms with Crippen LogP contribution in [0.4, 0.5) is 17.1 Å². The third-order valence-corrected chi connectivity index (χ3v) is 5.82. The zero-order valence-corrected chi connectivity index (χ0v) is 19.1. The van der Waals surface area contributed by atoms with Gasteiger partial charge in [-0.15, -0.1) is 0 Å². The van der Waals surface area contributed by atoms with Crippen LogP contribution in [0.1, 0.15) is 34.0 Å². The molecule has 0 bridgehead atoms. The van der Waals surface area contributed by atoms with Gasteiger partial charge in [0.2, 0.25) is 10.0 Å². The molecule has 0 saturated carbocycles. The van der Waals surface area contributed by atoms with Crippen molar-refractivity contribution in [3.63, 3.8) is 0 Å². The molecule has 0 aliphatic rings. The van der Waals surface area contributed by atoms with Gasteiger partial charge in [-0.3, -0.25) is 0 Å². The quantitative estimate of drug-likeness (QED) is 0.434. The van der Waals surface area contributed by atoms with Crippen molar-refractivity contribution in [3.05, 3.63) is 82.9 Å². The number of sulfonamides is 1. The van der Waals surface area contributed by atoms with E-state index in [0.29, 0.717) is 12.2 Å². The summed E-state index contributed by atoms with van der Waals surface area (Å²) in [6, 6.07) is 18.2. The van der Waals surface area contributed by atoms with Crippen molar-refractivity contribution in [1.29, 1.82) is 0 Å². The number of carbonyl (C=O) groups is 1. The SMILES string of the molecule is CCOC(=O)c1cc(NCc2ccccc2)c(Nc2ccc(C)cc2C)c(S(N)(=O)=O)c1. The lowest BCUT2D eigenvalue weighted by atomic mass is 10.1. The van der Waals surface area contributed by atoms with E-state index >= 15 is 0 Å². The van der Waals surface area contributed by atoms with Crippen molar-refractivity contribution in [1.82, 2.24) is 0 Å². The Kier molecular flexibility index (Phi) is 7.17. The van der Waals surface area contributed by atoms with Gasteiger partial charge in [-0.05, 0) is 50.1 Å². The second-order valence-corrected chi connectivity index (χ2v) is 8.97. The summed E-state index contributed by atoms with van der Waals surface area (Å²) >= 11 is 0. The highest BCUT2D eigenvalue weighted by atomic mass is 32.2. The number of benzene rings is 3. The topological polar surface area (TPSA) is 111 Å². The molecule has 7 nitrogen and oxygen atoms in total. The van der Waals surface area contributed by atoms with E-state index in [1.165, 1.54) is 6.07 Å². The number of anilines is 3. The minimum absolute atomic E-state index is 0.0950. The predicted octanol–water partition coefficient (Wildman–Crippen LogP) is 4.48. The number of aryl methyl sites for hydroxylation is 2. The van der Waals surface area contributed by atoms with Crippen molar-refractivity contribution in [3.8, 4) is 0 Å². The van der Waals surface area contributed by atoms with E-state index in [0.717, 1.165) is 22.4 Å². The molecule has 0 fully saturated rings. The van der Waals surface area contributed by atoms with Gasteiger partial charge in [-0.1, -0.05) is 48.0 Å². The molecule has 3 rings (SSSR count). The fourth-order valence-corrected chi connectivity index (χ4v) is 4.06. The Balaban J connectivity index is 2.14. The summed E-state index contributed by atoms with van der Waals surface area (Å²) in [5.74, 6) is -0.627. The molecule has 0 saturated heterocycles. The summed E-state index contributed by atoms with van der Waals surface area (Å²) in [7, 11) is -4.16. The molecule has 0 radical (unpaired) electrons. The summed E-state index contributed by atoms with van der Waals surface area (Å²) in [6.07, 6.45) is 0. The van der Waals surface area contributed by atoms with Crippen molar-refractivity contribution in [2.45, 2.75) is 32.2 Å². The lowest BCUT2D eigenvalue weighted by molar-refractivity contribution is 0.0526. The maximum absolute atomic E-state index is 12.5. The molecule has 0 amide bonds. The minimum Gasteiger partial charge on any atom is -0.462 e. The number of hydrogen-bond acceptors (Lipinski definition) is 6. The molecule has 0 unspecified atom stereocenters. The molecule has 0 aromatic heterocycles. The number of hydrogen-bond donors (Lipinski definition) is 3. The molecule has 168 valence electrons. The first kappa shape index (κ1) is 23.3. The number of nitrogens with one attached hydrogen (secondary N) is 2. The Morgan fingerprint density at radius 1 is 1.00 bits per heavy atom. The summed E-state index contributed by atoms with van der Waals surface area (Å²) in [4.78, 5) is 12.2. The van der Waals surface area contributed by atoms with Crippen LogP contribution in [0.25, 0.3) is 0 Å². The van der Waals surface area contributed by atoms with Gasteiger partial charge in [0, 0.05) is 12.2 Å². The van der Waals surface area contributed by atoms with Gasteiger partial charge in [0.25, 0.3) is 0 Å². The number of esters is 1. The fraction of sp³-hybridized carbons (Fsp3) is 0.208. The second-order valence-electron chi connectivity index (χ2n) is 7.44. The van der Waals surface area contributed by atoms with E-state index in [1.54, 1.807) is 13.0 Å². The number of carbonyl (C=O) groups excluding carboxylic acids is 1. The lowest BCUT2D eigenvalue weighted by Gasteiger charge is -2.20. The lowest BCUT2D eigenvalue weighted by Crippen LogP contribution is -2.18. The van der Waals surface area contributed by atoms with E-state index in [-0.39, 0.29) is 22.8 Å². The van der Waals surface area contributed by atoms with Crippen molar-refractivity contribution >= 4 is 33.1 Å². The van der Waals surface area contributed by atoms with Gasteiger partial charge in [-0.25, -0.2) is 18.4 Å². The van der Waals surface area contributed by atoms with Crippen molar-refractivity contribution in [2.24, 2.45) is 5.14 Å². The normalized spacial score (nSPS) is 11.1. The third kappa shape index (κ3) is 5.66. The van der Waals surface area contributed by atoms with Crippen LogP contribution in [-0.4, -0.2) is 21.0 Å². The number of nitrogens with two attached hydrogens (primary N) is 1. The minimum atomic E-state index is -4.16. The molecule has 0 heterocycles. The Hall–Kier alpha value is -3.36. The van der Waals surface area contributed by atoms with Gasteiger partial charge in [-0.2, -0.15) is 0 Å². The number of primary sulfonamides is 1. The highest BCUT2D eigenvalue weighted by Gasteiger charge is 2.23. The first-order valence-corrected chi connectivity index (χ1v) is 11.7. The van der Waals surface area contributed by atoms with Crippen LogP contribution in [0, 0.1) is 13.8 Å². The third-order valence-electron chi connectivity index (χ3n) is 4.89. The van der Waals surface area contributed by atoms with Crippen molar-refractivity contribution < 1.29 is 17.9 Å². The predicted molar refractivity (Wildman–Crippen MR) is 127 cm³/mol. The van der Waals surface area contributed by atoms with Gasteiger partial charge >= 0.3 is 5.97 Å². The Bertz CT molecular complexity index is 1230. The van der Waals surface area contributed by atoms with Crippen LogP contribution in [0.15, 0.2) is 65.6 Å². The highest BCUT2D eigenvalue weighted by Crippen LogP contribution is 2.35. The van der Waals surface area contributed by atoms with Gasteiger partial charge in [0.05, 0.1) is 23.5 Å². The first-order valence-electron chi connectivity index (χ1n) is 10.2. The van der Waals surface area contributed by atoms with Crippen LogP contribution in [0.3, 0.4) is 0 Å². The highest BCUT2D eigenvalue weighted by molar-refractivity contribution is 7.89. The van der Waals surface area contributed by atoms with Gasteiger partial charge in [0.15, 0.2) is 0 Å². The molecule has 0 aliphatic heterocycles. The van der Waals surface area contributed by atoms with E-state index < -0.39 is 16.0 Å². The summed E-state index contributed by atoms with van der Waals surface area (Å²) < 4.78 is 30.1. The number of ether oxygens (including phenoxy) is 1. The summed E-state index contributed by atoms with van der Waals surface area (Å²) in [5.41, 5.74) is 4.52. The van der Waals surface area contributed by atoms with Crippen LogP contribution in [0.2, 0.25) is 0 Å². The Morgan fingerprint density at radius 2 is 1.72 bits per heavy atom. The average molecular weight is 454 g/mol. The summed E-state index contributed by atoms with van der Waals surface area (Å²) in [5, 5.41) is 12.0. The standard InChI is InChI=1S/C24H27N3O4S/c1-4-31-24(28)19-13-21(26-15-18-8-6-5-7-9-18)23(22(14-19)32(25,29)30)27-20-11-10-16(2)12-17(20)3/h5-14,26-27H,4,15H2,1-3H3,(H2,25,29,30). The second kappa shape index (κ2) is 9.84. The van der Waals surface area contributed by atoms with Crippen LogP contribution >= 0.6 is 0 Å². The molecule has 3 aromatic carbocycles. The van der Waals surface area contributed by atoms with Crippen LogP contribution < -0.4 is 15.8 Å². The largest absolute Gasteiger partial charge is 0.462 e. The molecule has 0 aliphatic carbocycles. The van der Waals surface area contributed by atoms with E-state index in [1.807, 2.05) is 62.4 Å². The van der Waals surface area contributed by atoms with E-state index in [4.69, 9.17) is 9.88 Å². The molecule has 0 atom stereocenters. The average Bonchev–Trinajstić information content (AvgIpc) is 2.74. The fourth-order valence-electron chi connectivity index (χ4n) is 3.32. The van der Waals surface area contributed by atoms with E-state index in [2.05, 4.69) is 10.6 Å². The first-order chi connectivity index (χ1) is 15.2. The molecule has 32 heavy (non-hydrogen) atoms. The van der Waals surface area contributed by atoms with Gasteiger partial charge < -0.3 is 15.4 Å². The molecular weight excluding hydrogens is 426 g/mol. The smallest absolute Gasteiger partial charge is 0.338 e. The summed E-state index contributed by atoms with van der Waals surface area (Å²) in [6.45, 7) is 6.17. The van der Waals surface area contributed by atoms with Crippen LogP contribution in [0.5, 0.6) is 0 Å². The Labute approximate surface area is 188 Å². The molecule has 8 heteroatoms. The maximum atomic E-state index is 12.5. The zero-order chi connectivity index (χ0) is 23.3. The van der Waals surface area contributed by atoms with Crippen LogP contribution in [-0.2, 0) is 21.3 Å². The maximum Gasteiger partial charge on any atom is 0.338 e.